The second-order valence-electron chi connectivity index (χ2n) is 5.71. The van der Waals surface area contributed by atoms with Crippen molar-refractivity contribution >= 4 is 44.9 Å². The normalized spacial score (nSPS) is 11.2. The molecule has 1 aromatic carbocycles. The molecule has 6 nitrogen and oxygen atoms in total. The lowest BCUT2D eigenvalue weighted by atomic mass is 10.3. The summed E-state index contributed by atoms with van der Waals surface area (Å²) in [5, 5.41) is 12.3. The van der Waals surface area contributed by atoms with Crippen molar-refractivity contribution in [2.75, 3.05) is 12.3 Å². The van der Waals surface area contributed by atoms with Gasteiger partial charge >= 0.3 is 0 Å². The number of benzene rings is 1. The van der Waals surface area contributed by atoms with Crippen molar-refractivity contribution in [1.29, 1.82) is 0 Å². The molecule has 0 saturated heterocycles. The molecule has 132 valence electrons. The first-order valence-corrected chi connectivity index (χ1v) is 10.2. The largest absolute Gasteiger partial charge is 0.355 e. The summed E-state index contributed by atoms with van der Waals surface area (Å²) in [7, 11) is 0. The number of carbonyl (C=O) groups excluding carboxylic acids is 1. The van der Waals surface area contributed by atoms with Crippen LogP contribution in [0.2, 0.25) is 0 Å². The van der Waals surface area contributed by atoms with Crippen molar-refractivity contribution in [1.82, 2.24) is 24.9 Å². The van der Waals surface area contributed by atoms with Crippen LogP contribution in [0.4, 0.5) is 0 Å². The number of aromatic nitrogens is 4. The Labute approximate surface area is 158 Å². The maximum atomic E-state index is 12.0. The van der Waals surface area contributed by atoms with Gasteiger partial charge in [0.05, 0.1) is 16.0 Å². The van der Waals surface area contributed by atoms with Gasteiger partial charge in [0.1, 0.15) is 10.8 Å². The topological polar surface area (TPSA) is 72.2 Å². The van der Waals surface area contributed by atoms with Crippen LogP contribution in [0.5, 0.6) is 0 Å². The molecule has 4 aromatic rings. The van der Waals surface area contributed by atoms with Crippen LogP contribution in [-0.2, 0) is 17.0 Å². The number of nitrogens with one attached hydrogen (secondary N) is 1. The van der Waals surface area contributed by atoms with E-state index in [-0.39, 0.29) is 5.91 Å². The Balaban J connectivity index is 1.21. The molecule has 0 spiro atoms. The van der Waals surface area contributed by atoms with Crippen molar-refractivity contribution in [3.05, 3.63) is 59.5 Å². The van der Waals surface area contributed by atoms with E-state index >= 15 is 0 Å². The Kier molecular flexibility index (Phi) is 5.12. The van der Waals surface area contributed by atoms with Crippen LogP contribution in [0.1, 0.15) is 10.8 Å². The number of para-hydroxylation sites is 1. The standard InChI is InChI=1S/C18H17N5OS2/c24-17(11-25-12-18-20-13-5-1-2-6-14(13)26-18)19-9-8-16-22-21-15-7-3-4-10-23(15)16/h1-7,10H,8-9,11-12H2,(H,19,24). The van der Waals surface area contributed by atoms with Crippen molar-refractivity contribution in [2.45, 2.75) is 12.2 Å². The number of thiazole rings is 1. The molecule has 0 aliphatic carbocycles. The summed E-state index contributed by atoms with van der Waals surface area (Å²) in [6, 6.07) is 13.9. The van der Waals surface area contributed by atoms with E-state index < -0.39 is 0 Å². The maximum Gasteiger partial charge on any atom is 0.230 e. The van der Waals surface area contributed by atoms with Crippen LogP contribution in [0, 0.1) is 0 Å². The Bertz CT molecular complexity index is 1010. The number of rotatable bonds is 7. The van der Waals surface area contributed by atoms with Gasteiger partial charge in [0, 0.05) is 24.9 Å². The van der Waals surface area contributed by atoms with Gasteiger partial charge < -0.3 is 5.32 Å². The molecule has 0 aliphatic rings. The minimum Gasteiger partial charge on any atom is -0.355 e. The summed E-state index contributed by atoms with van der Waals surface area (Å²) in [4.78, 5) is 16.6. The van der Waals surface area contributed by atoms with Crippen molar-refractivity contribution in [2.24, 2.45) is 0 Å². The second kappa shape index (κ2) is 7.84. The highest BCUT2D eigenvalue weighted by Gasteiger charge is 2.07. The lowest BCUT2D eigenvalue weighted by Crippen LogP contribution is -2.27. The molecule has 1 N–H and O–H groups in total. The minimum atomic E-state index is 0.0323. The zero-order valence-corrected chi connectivity index (χ0v) is 15.6. The highest BCUT2D eigenvalue weighted by atomic mass is 32.2. The van der Waals surface area contributed by atoms with E-state index in [0.717, 1.165) is 27.7 Å². The Morgan fingerprint density at radius 3 is 2.96 bits per heavy atom. The third-order valence-electron chi connectivity index (χ3n) is 3.85. The van der Waals surface area contributed by atoms with E-state index in [1.807, 2.05) is 47.0 Å². The van der Waals surface area contributed by atoms with Gasteiger partial charge in [-0.2, -0.15) is 0 Å². The predicted molar refractivity (Wildman–Crippen MR) is 105 cm³/mol. The first kappa shape index (κ1) is 17.0. The van der Waals surface area contributed by atoms with Gasteiger partial charge in [-0.05, 0) is 24.3 Å². The molecule has 0 aliphatic heterocycles. The molecular formula is C18H17N5OS2. The molecular weight excluding hydrogens is 366 g/mol. The van der Waals surface area contributed by atoms with E-state index in [9.17, 15) is 4.79 Å². The molecule has 0 saturated carbocycles. The van der Waals surface area contributed by atoms with Gasteiger partial charge in [-0.1, -0.05) is 18.2 Å². The molecule has 0 bridgehead atoms. The minimum absolute atomic E-state index is 0.0323. The fourth-order valence-corrected chi connectivity index (χ4v) is 4.52. The smallest absolute Gasteiger partial charge is 0.230 e. The number of hydrogen-bond acceptors (Lipinski definition) is 6. The Morgan fingerprint density at radius 1 is 1.15 bits per heavy atom. The molecule has 0 radical (unpaired) electrons. The molecule has 0 atom stereocenters. The van der Waals surface area contributed by atoms with Gasteiger partial charge in [0.2, 0.25) is 5.91 Å². The molecule has 4 rings (SSSR count). The number of fused-ring (bicyclic) bond motifs is 2. The molecule has 0 unspecified atom stereocenters. The van der Waals surface area contributed by atoms with Gasteiger partial charge in [-0.25, -0.2) is 4.98 Å². The molecule has 26 heavy (non-hydrogen) atoms. The Hall–Kier alpha value is -2.45. The van der Waals surface area contributed by atoms with Crippen LogP contribution in [0.15, 0.2) is 48.7 Å². The van der Waals surface area contributed by atoms with Gasteiger partial charge in [0.25, 0.3) is 0 Å². The molecule has 1 amide bonds. The van der Waals surface area contributed by atoms with Crippen LogP contribution in [-0.4, -0.2) is 37.8 Å². The summed E-state index contributed by atoms with van der Waals surface area (Å²) in [6.45, 7) is 0.552. The molecule has 3 heterocycles. The van der Waals surface area contributed by atoms with Gasteiger partial charge in [-0.15, -0.1) is 33.3 Å². The maximum absolute atomic E-state index is 12.0. The van der Waals surface area contributed by atoms with E-state index in [0.29, 0.717) is 18.7 Å². The fraction of sp³-hybridized carbons (Fsp3) is 0.222. The number of hydrogen-bond donors (Lipinski definition) is 1. The Morgan fingerprint density at radius 2 is 2.04 bits per heavy atom. The monoisotopic (exact) mass is 383 g/mol. The number of thioether (sulfide) groups is 1. The van der Waals surface area contributed by atoms with Crippen molar-refractivity contribution < 1.29 is 4.79 Å². The van der Waals surface area contributed by atoms with E-state index in [1.165, 1.54) is 4.70 Å². The molecule has 8 heteroatoms. The third kappa shape index (κ3) is 3.86. The number of carbonyl (C=O) groups is 1. The number of nitrogens with zero attached hydrogens (tertiary/aromatic N) is 4. The first-order chi connectivity index (χ1) is 12.8. The average Bonchev–Trinajstić information content (AvgIpc) is 3.25. The summed E-state index contributed by atoms with van der Waals surface area (Å²) in [6.07, 6.45) is 2.58. The summed E-state index contributed by atoms with van der Waals surface area (Å²) in [5.41, 5.74) is 1.85. The molecule has 3 aromatic heterocycles. The van der Waals surface area contributed by atoms with E-state index in [4.69, 9.17) is 0 Å². The fourth-order valence-electron chi connectivity index (χ4n) is 2.64. The lowest BCUT2D eigenvalue weighted by Gasteiger charge is -2.04. The summed E-state index contributed by atoms with van der Waals surface area (Å²) >= 11 is 3.27. The highest BCUT2D eigenvalue weighted by molar-refractivity contribution is 7.99. The van der Waals surface area contributed by atoms with Gasteiger partial charge in [0.15, 0.2) is 5.65 Å². The van der Waals surface area contributed by atoms with Gasteiger partial charge in [-0.3, -0.25) is 9.20 Å². The zero-order valence-electron chi connectivity index (χ0n) is 14.0. The molecule has 0 fully saturated rings. The van der Waals surface area contributed by atoms with Crippen molar-refractivity contribution in [3.8, 4) is 0 Å². The number of amides is 1. The third-order valence-corrected chi connectivity index (χ3v) is 6.01. The first-order valence-electron chi connectivity index (χ1n) is 8.27. The van der Waals surface area contributed by atoms with Crippen LogP contribution < -0.4 is 5.32 Å². The van der Waals surface area contributed by atoms with E-state index in [1.54, 1.807) is 23.1 Å². The van der Waals surface area contributed by atoms with E-state index in [2.05, 4.69) is 26.6 Å². The SMILES string of the molecule is O=C(CSCc1nc2ccccc2s1)NCCc1nnc2ccccn12. The number of pyridine rings is 1. The second-order valence-corrected chi connectivity index (χ2v) is 7.81. The van der Waals surface area contributed by atoms with Crippen molar-refractivity contribution in [3.63, 3.8) is 0 Å². The quantitative estimate of drug-likeness (QED) is 0.531. The highest BCUT2D eigenvalue weighted by Crippen LogP contribution is 2.24. The summed E-state index contributed by atoms with van der Waals surface area (Å²) < 4.78 is 3.13. The lowest BCUT2D eigenvalue weighted by molar-refractivity contribution is -0.118. The average molecular weight is 384 g/mol. The van der Waals surface area contributed by atoms with Crippen LogP contribution in [0.3, 0.4) is 0 Å². The predicted octanol–water partition coefficient (Wildman–Crippen LogP) is 2.93. The zero-order chi connectivity index (χ0) is 17.8. The summed E-state index contributed by atoms with van der Waals surface area (Å²) in [5.74, 6) is 2.06. The van der Waals surface area contributed by atoms with Crippen LogP contribution >= 0.6 is 23.1 Å². The van der Waals surface area contributed by atoms with Crippen LogP contribution in [0.25, 0.3) is 15.9 Å².